The van der Waals surface area contributed by atoms with Crippen LogP contribution in [0, 0.1) is 5.92 Å². The number of amides is 2. The smallest absolute Gasteiger partial charge is 0.222 e. The number of β-amino-alcohol motifs (C(OH)–C–C–N with tert-alkyl or cyclic N) is 1. The van der Waals surface area contributed by atoms with Crippen molar-refractivity contribution < 1.29 is 14.7 Å². The summed E-state index contributed by atoms with van der Waals surface area (Å²) >= 11 is 3.37. The Balaban J connectivity index is 0.00000288. The van der Waals surface area contributed by atoms with Gasteiger partial charge >= 0.3 is 0 Å². The summed E-state index contributed by atoms with van der Waals surface area (Å²) in [5.74, 6) is -0.294. The molecule has 3 unspecified atom stereocenters. The van der Waals surface area contributed by atoms with Gasteiger partial charge in [0.15, 0.2) is 0 Å². The monoisotopic (exact) mass is 419 g/mol. The van der Waals surface area contributed by atoms with Crippen LogP contribution in [0.2, 0.25) is 0 Å². The van der Waals surface area contributed by atoms with Crippen LogP contribution in [0.5, 0.6) is 0 Å². The molecule has 2 rings (SSSR count). The summed E-state index contributed by atoms with van der Waals surface area (Å²) in [4.78, 5) is 23.6. The van der Waals surface area contributed by atoms with E-state index in [1.54, 1.807) is 0 Å². The third-order valence-electron chi connectivity index (χ3n) is 3.90. The van der Waals surface area contributed by atoms with Crippen molar-refractivity contribution in [2.45, 2.75) is 25.5 Å². The Kier molecular flexibility index (Phi) is 8.69. The molecule has 1 heterocycles. The maximum absolute atomic E-state index is 12.2. The second-order valence-electron chi connectivity index (χ2n) is 5.80. The van der Waals surface area contributed by atoms with Gasteiger partial charge in [0.05, 0.1) is 18.6 Å². The van der Waals surface area contributed by atoms with Crippen molar-refractivity contribution >= 4 is 40.2 Å². The highest BCUT2D eigenvalue weighted by atomic mass is 79.9. The molecule has 4 N–H and O–H groups in total. The number of hydrogen-bond acceptors (Lipinski definition) is 4. The largest absolute Gasteiger partial charge is 0.391 e. The molecule has 2 amide bonds. The van der Waals surface area contributed by atoms with Gasteiger partial charge in [0.2, 0.25) is 11.8 Å². The minimum atomic E-state index is -0.423. The molecule has 1 aromatic rings. The number of nitrogens with one attached hydrogen (secondary N) is 3. The van der Waals surface area contributed by atoms with E-state index in [4.69, 9.17) is 0 Å². The Bertz CT molecular complexity index is 556. The van der Waals surface area contributed by atoms with Crippen molar-refractivity contribution in [2.75, 3.05) is 19.6 Å². The molecule has 1 aliphatic heterocycles. The SMILES string of the molecule is CC(=O)NC(CC(=O)NCC1CNCC1O)c1ccc(Br)cc1.Cl. The third kappa shape index (κ3) is 6.39. The molecule has 0 spiro atoms. The lowest BCUT2D eigenvalue weighted by molar-refractivity contribution is -0.123. The highest BCUT2D eigenvalue weighted by Gasteiger charge is 2.25. The first-order chi connectivity index (χ1) is 11.0. The minimum Gasteiger partial charge on any atom is -0.391 e. The lowest BCUT2D eigenvalue weighted by Crippen LogP contribution is -2.37. The van der Waals surface area contributed by atoms with Crippen molar-refractivity contribution in [1.82, 2.24) is 16.0 Å². The molecule has 24 heavy (non-hydrogen) atoms. The van der Waals surface area contributed by atoms with Gasteiger partial charge in [-0.15, -0.1) is 12.4 Å². The zero-order chi connectivity index (χ0) is 16.8. The topological polar surface area (TPSA) is 90.5 Å². The average molecular weight is 421 g/mol. The lowest BCUT2D eigenvalue weighted by Gasteiger charge is -2.19. The predicted octanol–water partition coefficient (Wildman–Crippen LogP) is 1.13. The molecule has 0 aromatic heterocycles. The molecule has 8 heteroatoms. The van der Waals surface area contributed by atoms with Crippen LogP contribution in [0.4, 0.5) is 0 Å². The van der Waals surface area contributed by atoms with Crippen molar-refractivity contribution in [3.63, 3.8) is 0 Å². The van der Waals surface area contributed by atoms with E-state index in [9.17, 15) is 14.7 Å². The van der Waals surface area contributed by atoms with Crippen LogP contribution in [0.25, 0.3) is 0 Å². The standard InChI is InChI=1S/C16H22BrN3O3.ClH/c1-10(21)20-14(11-2-4-13(17)5-3-11)6-16(23)19-8-12-7-18-9-15(12)22;/h2-5,12,14-15,18,22H,6-9H2,1H3,(H,19,23)(H,20,21);1H. The average Bonchev–Trinajstić information content (AvgIpc) is 2.90. The Morgan fingerprint density at radius 1 is 1.33 bits per heavy atom. The Hall–Kier alpha value is -1.15. The van der Waals surface area contributed by atoms with Crippen LogP contribution in [-0.2, 0) is 9.59 Å². The number of aliphatic hydroxyl groups is 1. The summed E-state index contributed by atoms with van der Waals surface area (Å²) in [5, 5.41) is 18.5. The third-order valence-corrected chi connectivity index (χ3v) is 4.43. The Morgan fingerprint density at radius 2 is 2.00 bits per heavy atom. The summed E-state index contributed by atoms with van der Waals surface area (Å²) in [6.45, 7) is 3.13. The molecule has 0 saturated carbocycles. The fraction of sp³-hybridized carbons (Fsp3) is 0.500. The van der Waals surface area contributed by atoms with Crippen LogP contribution < -0.4 is 16.0 Å². The van der Waals surface area contributed by atoms with E-state index >= 15 is 0 Å². The molecule has 6 nitrogen and oxygen atoms in total. The van der Waals surface area contributed by atoms with Crippen LogP contribution >= 0.6 is 28.3 Å². The molecular weight excluding hydrogens is 398 g/mol. The second-order valence-corrected chi connectivity index (χ2v) is 6.71. The van der Waals surface area contributed by atoms with E-state index in [1.807, 2.05) is 24.3 Å². The van der Waals surface area contributed by atoms with Crippen LogP contribution in [0.15, 0.2) is 28.7 Å². The predicted molar refractivity (Wildman–Crippen MR) is 97.9 cm³/mol. The van der Waals surface area contributed by atoms with Gasteiger partial charge in [0.25, 0.3) is 0 Å². The molecule has 0 aliphatic carbocycles. The van der Waals surface area contributed by atoms with E-state index in [-0.39, 0.29) is 42.6 Å². The van der Waals surface area contributed by atoms with Gasteiger partial charge in [-0.05, 0) is 17.7 Å². The van der Waals surface area contributed by atoms with E-state index in [0.717, 1.165) is 10.0 Å². The van der Waals surface area contributed by atoms with E-state index in [0.29, 0.717) is 19.6 Å². The van der Waals surface area contributed by atoms with Gasteiger partial charge in [-0.3, -0.25) is 9.59 Å². The molecule has 0 radical (unpaired) electrons. The lowest BCUT2D eigenvalue weighted by atomic mass is 10.0. The molecule has 1 fully saturated rings. The number of carbonyl (C=O) groups is 2. The summed E-state index contributed by atoms with van der Waals surface area (Å²) in [6.07, 6.45) is -0.259. The fourth-order valence-electron chi connectivity index (χ4n) is 2.62. The van der Waals surface area contributed by atoms with Crippen molar-refractivity contribution in [1.29, 1.82) is 0 Å². The quantitative estimate of drug-likeness (QED) is 0.555. The Labute approximate surface area is 156 Å². The molecular formula is C16H23BrClN3O3. The molecule has 1 aromatic carbocycles. The summed E-state index contributed by atoms with van der Waals surface area (Å²) < 4.78 is 0.940. The van der Waals surface area contributed by atoms with E-state index in [1.165, 1.54) is 6.92 Å². The van der Waals surface area contributed by atoms with Gasteiger partial charge in [-0.25, -0.2) is 0 Å². The first-order valence-corrected chi connectivity index (χ1v) is 8.43. The number of aliphatic hydroxyl groups excluding tert-OH is 1. The van der Waals surface area contributed by atoms with E-state index < -0.39 is 6.10 Å². The molecule has 1 saturated heterocycles. The highest BCUT2D eigenvalue weighted by molar-refractivity contribution is 9.10. The van der Waals surface area contributed by atoms with Crippen LogP contribution in [-0.4, -0.2) is 42.7 Å². The summed E-state index contributed by atoms with van der Waals surface area (Å²) in [5.41, 5.74) is 0.876. The number of carbonyl (C=O) groups excluding carboxylic acids is 2. The number of hydrogen-bond donors (Lipinski definition) is 4. The van der Waals surface area contributed by atoms with Crippen molar-refractivity contribution in [2.24, 2.45) is 5.92 Å². The Morgan fingerprint density at radius 3 is 2.54 bits per heavy atom. The zero-order valence-corrected chi connectivity index (χ0v) is 15.8. The van der Waals surface area contributed by atoms with Gasteiger partial charge in [-0.2, -0.15) is 0 Å². The fourth-order valence-corrected chi connectivity index (χ4v) is 2.89. The number of rotatable bonds is 6. The maximum atomic E-state index is 12.2. The van der Waals surface area contributed by atoms with Crippen molar-refractivity contribution in [3.8, 4) is 0 Å². The zero-order valence-electron chi connectivity index (χ0n) is 13.4. The van der Waals surface area contributed by atoms with Gasteiger partial charge < -0.3 is 21.1 Å². The normalized spacial score (nSPS) is 20.8. The first kappa shape index (κ1) is 20.9. The van der Waals surface area contributed by atoms with Crippen LogP contribution in [0.3, 0.4) is 0 Å². The van der Waals surface area contributed by atoms with Gasteiger partial charge in [0, 0.05) is 36.9 Å². The van der Waals surface area contributed by atoms with Crippen molar-refractivity contribution in [3.05, 3.63) is 34.3 Å². The molecule has 1 aliphatic rings. The summed E-state index contributed by atoms with van der Waals surface area (Å²) in [6, 6.07) is 7.14. The highest BCUT2D eigenvalue weighted by Crippen LogP contribution is 2.20. The van der Waals surface area contributed by atoms with Gasteiger partial charge in [0.1, 0.15) is 0 Å². The minimum absolute atomic E-state index is 0. The summed E-state index contributed by atoms with van der Waals surface area (Å²) in [7, 11) is 0. The first-order valence-electron chi connectivity index (χ1n) is 7.63. The number of benzene rings is 1. The van der Waals surface area contributed by atoms with E-state index in [2.05, 4.69) is 31.9 Å². The van der Waals surface area contributed by atoms with Crippen LogP contribution in [0.1, 0.15) is 24.9 Å². The molecule has 0 bridgehead atoms. The van der Waals surface area contributed by atoms with Gasteiger partial charge in [-0.1, -0.05) is 28.1 Å². The second kappa shape index (κ2) is 9.98. The molecule has 3 atom stereocenters. The number of halogens is 2. The maximum Gasteiger partial charge on any atom is 0.222 e. The molecule has 134 valence electrons.